The molecule has 0 aliphatic heterocycles. The normalized spacial score (nSPS) is 12.5. The lowest BCUT2D eigenvalue weighted by Gasteiger charge is -2.10. The van der Waals surface area contributed by atoms with Gasteiger partial charge in [0.25, 0.3) is 0 Å². The molecule has 5 heteroatoms. The number of benzene rings is 1. The van der Waals surface area contributed by atoms with Crippen LogP contribution in [0.3, 0.4) is 0 Å². The fourth-order valence-corrected chi connectivity index (χ4v) is 2.04. The van der Waals surface area contributed by atoms with Gasteiger partial charge in [-0.05, 0) is 43.5 Å². The second kappa shape index (κ2) is 6.33. The highest BCUT2D eigenvalue weighted by molar-refractivity contribution is 5.93. The average molecular weight is 260 g/mol. The van der Waals surface area contributed by atoms with E-state index in [4.69, 9.17) is 5.73 Å². The third-order valence-corrected chi connectivity index (χ3v) is 3.25. The van der Waals surface area contributed by atoms with E-state index < -0.39 is 0 Å². The van der Waals surface area contributed by atoms with Gasteiger partial charge in [0.05, 0.1) is 11.7 Å². The van der Waals surface area contributed by atoms with E-state index in [1.807, 2.05) is 18.2 Å². The second-order valence-corrected chi connectivity index (χ2v) is 4.94. The summed E-state index contributed by atoms with van der Waals surface area (Å²) in [5, 5.41) is 10.8. The van der Waals surface area contributed by atoms with Crippen LogP contribution < -0.4 is 11.1 Å². The Morgan fingerprint density at radius 3 is 3.11 bits per heavy atom. The van der Waals surface area contributed by atoms with Gasteiger partial charge in [-0.2, -0.15) is 5.10 Å². The maximum absolute atomic E-state index is 11.8. The highest BCUT2D eigenvalue weighted by atomic mass is 16.1. The first-order valence-electron chi connectivity index (χ1n) is 6.62. The van der Waals surface area contributed by atoms with Crippen LogP contribution in [0, 0.1) is 5.92 Å². The molecule has 1 aromatic heterocycles. The van der Waals surface area contributed by atoms with Crippen molar-refractivity contribution in [2.45, 2.75) is 26.2 Å². The maximum atomic E-state index is 11.8. The fraction of sp³-hybridized carbons (Fsp3) is 0.429. The summed E-state index contributed by atoms with van der Waals surface area (Å²) in [6.45, 7) is 2.80. The van der Waals surface area contributed by atoms with Crippen molar-refractivity contribution < 1.29 is 4.79 Å². The number of hydrogen-bond acceptors (Lipinski definition) is 3. The van der Waals surface area contributed by atoms with E-state index in [0.717, 1.165) is 29.4 Å². The first kappa shape index (κ1) is 13.5. The summed E-state index contributed by atoms with van der Waals surface area (Å²) in [4.78, 5) is 11.8. The molecule has 0 spiro atoms. The monoisotopic (exact) mass is 260 g/mol. The van der Waals surface area contributed by atoms with E-state index in [9.17, 15) is 4.79 Å². The van der Waals surface area contributed by atoms with Crippen LogP contribution in [-0.2, 0) is 4.79 Å². The molecule has 0 aliphatic rings. The summed E-state index contributed by atoms with van der Waals surface area (Å²) in [6, 6.07) is 5.72. The number of anilines is 1. The third kappa shape index (κ3) is 3.79. The number of carbonyl (C=O) groups is 1. The van der Waals surface area contributed by atoms with Gasteiger partial charge < -0.3 is 11.1 Å². The zero-order chi connectivity index (χ0) is 13.7. The van der Waals surface area contributed by atoms with Gasteiger partial charge in [0, 0.05) is 17.5 Å². The van der Waals surface area contributed by atoms with Crippen LogP contribution in [0.15, 0.2) is 24.4 Å². The molecule has 2 rings (SSSR count). The molecule has 1 unspecified atom stereocenters. The van der Waals surface area contributed by atoms with Gasteiger partial charge in [-0.15, -0.1) is 0 Å². The standard InChI is InChI=1S/C14H20N4O/c1-10(6-7-15)2-5-14(19)17-12-4-3-11-9-16-18-13(11)8-12/h3-4,8-10H,2,5-7,15H2,1H3,(H,16,18)(H,17,19). The number of fused-ring (bicyclic) bond motifs is 1. The number of hydrogen-bond donors (Lipinski definition) is 3. The zero-order valence-electron chi connectivity index (χ0n) is 11.1. The molecule has 0 saturated carbocycles. The lowest BCUT2D eigenvalue weighted by atomic mass is 10.0. The maximum Gasteiger partial charge on any atom is 0.224 e. The molecule has 0 aliphatic carbocycles. The molecule has 1 heterocycles. The van der Waals surface area contributed by atoms with Crippen molar-refractivity contribution in [3.05, 3.63) is 24.4 Å². The number of nitrogens with two attached hydrogens (primary N) is 1. The Balaban J connectivity index is 1.87. The topological polar surface area (TPSA) is 83.8 Å². The van der Waals surface area contributed by atoms with Crippen LogP contribution in [0.1, 0.15) is 26.2 Å². The van der Waals surface area contributed by atoms with Gasteiger partial charge in [0.15, 0.2) is 0 Å². The highest BCUT2D eigenvalue weighted by Gasteiger charge is 2.07. The van der Waals surface area contributed by atoms with Gasteiger partial charge in [-0.3, -0.25) is 9.89 Å². The van der Waals surface area contributed by atoms with Crippen LogP contribution >= 0.6 is 0 Å². The van der Waals surface area contributed by atoms with Crippen LogP contribution in [-0.4, -0.2) is 22.6 Å². The first-order valence-corrected chi connectivity index (χ1v) is 6.62. The molecular formula is C14H20N4O. The molecule has 0 radical (unpaired) electrons. The summed E-state index contributed by atoms with van der Waals surface area (Å²) < 4.78 is 0. The van der Waals surface area contributed by atoms with Gasteiger partial charge in [0.1, 0.15) is 0 Å². The minimum atomic E-state index is 0.0442. The van der Waals surface area contributed by atoms with Gasteiger partial charge in [0.2, 0.25) is 5.91 Å². The molecular weight excluding hydrogens is 240 g/mol. The number of nitrogens with one attached hydrogen (secondary N) is 2. The molecule has 5 nitrogen and oxygen atoms in total. The van der Waals surface area contributed by atoms with Gasteiger partial charge >= 0.3 is 0 Å². The number of H-pyrrole nitrogens is 1. The van der Waals surface area contributed by atoms with E-state index in [2.05, 4.69) is 22.4 Å². The van der Waals surface area contributed by atoms with E-state index >= 15 is 0 Å². The SMILES string of the molecule is CC(CCN)CCC(=O)Nc1ccc2cn[nH]c2c1. The van der Waals surface area contributed by atoms with E-state index in [1.54, 1.807) is 6.20 Å². The molecule has 102 valence electrons. The Bertz CT molecular complexity index is 549. The van der Waals surface area contributed by atoms with E-state index in [-0.39, 0.29) is 5.91 Å². The fourth-order valence-electron chi connectivity index (χ4n) is 2.04. The molecule has 0 fully saturated rings. The van der Waals surface area contributed by atoms with Crippen molar-refractivity contribution in [2.75, 3.05) is 11.9 Å². The largest absolute Gasteiger partial charge is 0.330 e. The van der Waals surface area contributed by atoms with Crippen LogP contribution in [0.4, 0.5) is 5.69 Å². The minimum Gasteiger partial charge on any atom is -0.330 e. The van der Waals surface area contributed by atoms with Crippen LogP contribution in [0.2, 0.25) is 0 Å². The van der Waals surface area contributed by atoms with E-state index in [1.165, 1.54) is 0 Å². The molecule has 2 aromatic rings. The van der Waals surface area contributed by atoms with Gasteiger partial charge in [-0.25, -0.2) is 0 Å². The number of rotatable bonds is 6. The highest BCUT2D eigenvalue weighted by Crippen LogP contribution is 2.17. The summed E-state index contributed by atoms with van der Waals surface area (Å²) in [5.74, 6) is 0.536. The third-order valence-electron chi connectivity index (χ3n) is 3.25. The van der Waals surface area contributed by atoms with Crippen LogP contribution in [0.25, 0.3) is 10.9 Å². The van der Waals surface area contributed by atoms with Crippen molar-refractivity contribution in [1.29, 1.82) is 0 Å². The summed E-state index contributed by atoms with van der Waals surface area (Å²) in [6.07, 6.45) is 4.13. The average Bonchev–Trinajstić information content (AvgIpc) is 2.84. The smallest absolute Gasteiger partial charge is 0.224 e. The molecule has 19 heavy (non-hydrogen) atoms. The number of amides is 1. The van der Waals surface area contributed by atoms with Crippen LogP contribution in [0.5, 0.6) is 0 Å². The Labute approximate surface area is 112 Å². The van der Waals surface area contributed by atoms with E-state index in [0.29, 0.717) is 18.9 Å². The van der Waals surface area contributed by atoms with Crippen molar-refractivity contribution in [3.63, 3.8) is 0 Å². The molecule has 0 saturated heterocycles. The Hall–Kier alpha value is -1.88. The lowest BCUT2D eigenvalue weighted by Crippen LogP contribution is -2.14. The quantitative estimate of drug-likeness (QED) is 0.745. The lowest BCUT2D eigenvalue weighted by molar-refractivity contribution is -0.116. The number of carbonyl (C=O) groups excluding carboxylic acids is 1. The minimum absolute atomic E-state index is 0.0442. The predicted molar refractivity (Wildman–Crippen MR) is 76.8 cm³/mol. The van der Waals surface area contributed by atoms with Crippen molar-refractivity contribution in [3.8, 4) is 0 Å². The summed E-state index contributed by atoms with van der Waals surface area (Å²) in [5.41, 5.74) is 7.22. The zero-order valence-corrected chi connectivity index (χ0v) is 11.1. The Kier molecular flexibility index (Phi) is 4.52. The van der Waals surface area contributed by atoms with Crippen molar-refractivity contribution >= 4 is 22.5 Å². The first-order chi connectivity index (χ1) is 9.19. The Morgan fingerprint density at radius 1 is 1.47 bits per heavy atom. The molecule has 1 aromatic carbocycles. The number of aromatic nitrogens is 2. The summed E-state index contributed by atoms with van der Waals surface area (Å²) >= 11 is 0. The Morgan fingerprint density at radius 2 is 2.32 bits per heavy atom. The van der Waals surface area contributed by atoms with Crippen molar-refractivity contribution in [2.24, 2.45) is 11.7 Å². The number of nitrogens with zero attached hydrogens (tertiary/aromatic N) is 1. The molecule has 0 bridgehead atoms. The molecule has 4 N–H and O–H groups in total. The molecule has 1 amide bonds. The second-order valence-electron chi connectivity index (χ2n) is 4.94. The molecule has 1 atom stereocenters. The van der Waals surface area contributed by atoms with Crippen molar-refractivity contribution in [1.82, 2.24) is 10.2 Å². The van der Waals surface area contributed by atoms with Gasteiger partial charge in [-0.1, -0.05) is 6.92 Å². The number of aromatic amines is 1. The predicted octanol–water partition coefficient (Wildman–Crippen LogP) is 2.27. The summed E-state index contributed by atoms with van der Waals surface area (Å²) in [7, 11) is 0.